The normalized spacial score (nSPS) is 12.3. The van der Waals surface area contributed by atoms with E-state index in [0.29, 0.717) is 6.54 Å². The quantitative estimate of drug-likeness (QED) is 0.676. The van der Waals surface area contributed by atoms with Gasteiger partial charge in [-0.2, -0.15) is 0 Å². The molecule has 0 aliphatic heterocycles. The lowest BCUT2D eigenvalue weighted by molar-refractivity contribution is 0.281. The fourth-order valence-corrected chi connectivity index (χ4v) is 1.31. The molecule has 1 rings (SSSR count). The Bertz CT molecular complexity index is 315. The molecule has 0 saturated heterocycles. The van der Waals surface area contributed by atoms with Gasteiger partial charge in [-0.25, -0.2) is 0 Å². The lowest BCUT2D eigenvalue weighted by Crippen LogP contribution is -2.20. The number of ether oxygens (including phenoxy) is 1. The molecular formula is C11H18N2O2. The first-order valence-electron chi connectivity index (χ1n) is 4.95. The average Bonchev–Trinajstić information content (AvgIpc) is 2.28. The number of hydrogen-bond acceptors (Lipinski definition) is 4. The van der Waals surface area contributed by atoms with Crippen molar-refractivity contribution < 1.29 is 9.84 Å². The number of anilines is 1. The Hall–Kier alpha value is -1.26. The van der Waals surface area contributed by atoms with Crippen LogP contribution in [-0.2, 0) is 6.54 Å². The van der Waals surface area contributed by atoms with E-state index in [0.717, 1.165) is 17.0 Å². The van der Waals surface area contributed by atoms with Gasteiger partial charge in [0.15, 0.2) is 0 Å². The Balaban J connectivity index is 2.90. The summed E-state index contributed by atoms with van der Waals surface area (Å²) in [5.74, 6) is 0.778. The summed E-state index contributed by atoms with van der Waals surface area (Å²) in [5, 5.41) is 12.1. The van der Waals surface area contributed by atoms with Crippen molar-refractivity contribution >= 4 is 5.69 Å². The Morgan fingerprint density at radius 1 is 1.53 bits per heavy atom. The summed E-state index contributed by atoms with van der Waals surface area (Å²) < 4.78 is 5.13. The maximum atomic E-state index is 8.96. The van der Waals surface area contributed by atoms with Crippen molar-refractivity contribution in [2.24, 2.45) is 5.73 Å². The van der Waals surface area contributed by atoms with Crippen LogP contribution in [0.2, 0.25) is 0 Å². The van der Waals surface area contributed by atoms with E-state index in [-0.39, 0.29) is 12.6 Å². The second kappa shape index (κ2) is 5.58. The van der Waals surface area contributed by atoms with Gasteiger partial charge in [-0.05, 0) is 18.6 Å². The minimum absolute atomic E-state index is 0.00223. The monoisotopic (exact) mass is 210 g/mol. The van der Waals surface area contributed by atoms with Gasteiger partial charge in [0.1, 0.15) is 5.75 Å². The van der Waals surface area contributed by atoms with Gasteiger partial charge < -0.3 is 20.9 Å². The molecule has 0 fully saturated rings. The highest BCUT2D eigenvalue weighted by Crippen LogP contribution is 2.22. The minimum Gasteiger partial charge on any atom is -0.497 e. The maximum absolute atomic E-state index is 8.96. The maximum Gasteiger partial charge on any atom is 0.120 e. The highest BCUT2D eigenvalue weighted by atomic mass is 16.5. The van der Waals surface area contributed by atoms with Crippen LogP contribution in [0.5, 0.6) is 5.75 Å². The Morgan fingerprint density at radius 3 is 2.80 bits per heavy atom. The molecule has 1 atom stereocenters. The van der Waals surface area contributed by atoms with E-state index in [9.17, 15) is 0 Å². The highest BCUT2D eigenvalue weighted by Gasteiger charge is 2.06. The molecule has 1 aromatic rings. The van der Waals surface area contributed by atoms with Crippen LogP contribution in [0, 0.1) is 0 Å². The van der Waals surface area contributed by atoms with Crippen LogP contribution in [0.25, 0.3) is 0 Å². The average molecular weight is 210 g/mol. The number of methoxy groups -OCH3 is 1. The predicted octanol–water partition coefficient (Wildman–Crippen LogP) is 0.947. The first kappa shape index (κ1) is 11.8. The first-order valence-corrected chi connectivity index (χ1v) is 4.95. The van der Waals surface area contributed by atoms with E-state index >= 15 is 0 Å². The van der Waals surface area contributed by atoms with Crippen LogP contribution < -0.4 is 15.8 Å². The molecule has 1 aromatic carbocycles. The smallest absolute Gasteiger partial charge is 0.120 e. The molecule has 0 radical (unpaired) electrons. The SMILES string of the molecule is COc1ccc(CN)c(NC(C)CO)c1. The molecule has 0 heterocycles. The van der Waals surface area contributed by atoms with Gasteiger partial charge in [0.05, 0.1) is 13.7 Å². The minimum atomic E-state index is 0.00223. The molecule has 4 heteroatoms. The number of aliphatic hydroxyl groups excluding tert-OH is 1. The number of hydrogen-bond donors (Lipinski definition) is 3. The fraction of sp³-hybridized carbons (Fsp3) is 0.455. The van der Waals surface area contributed by atoms with E-state index in [1.54, 1.807) is 7.11 Å². The van der Waals surface area contributed by atoms with Gasteiger partial charge in [-0.15, -0.1) is 0 Å². The molecule has 4 nitrogen and oxygen atoms in total. The lowest BCUT2D eigenvalue weighted by Gasteiger charge is -2.16. The van der Waals surface area contributed by atoms with Crippen molar-refractivity contribution in [2.75, 3.05) is 19.0 Å². The molecule has 4 N–H and O–H groups in total. The summed E-state index contributed by atoms with van der Waals surface area (Å²) in [7, 11) is 1.62. The number of benzene rings is 1. The zero-order chi connectivity index (χ0) is 11.3. The van der Waals surface area contributed by atoms with Gasteiger partial charge in [-0.3, -0.25) is 0 Å². The van der Waals surface area contributed by atoms with E-state index < -0.39 is 0 Å². The Morgan fingerprint density at radius 2 is 2.27 bits per heavy atom. The predicted molar refractivity (Wildman–Crippen MR) is 61.1 cm³/mol. The first-order chi connectivity index (χ1) is 7.21. The molecule has 1 unspecified atom stereocenters. The standard InChI is InChI=1S/C11H18N2O2/c1-8(7-14)13-11-5-10(15-2)4-3-9(11)6-12/h3-5,8,13-14H,6-7,12H2,1-2H3. The number of aliphatic hydroxyl groups is 1. The Kier molecular flexibility index (Phi) is 4.39. The largest absolute Gasteiger partial charge is 0.497 e. The lowest BCUT2D eigenvalue weighted by atomic mass is 10.1. The summed E-state index contributed by atoms with van der Waals surface area (Å²) in [4.78, 5) is 0. The van der Waals surface area contributed by atoms with E-state index in [1.807, 2.05) is 25.1 Å². The van der Waals surface area contributed by atoms with Crippen molar-refractivity contribution in [1.29, 1.82) is 0 Å². The molecule has 0 aromatic heterocycles. The van der Waals surface area contributed by atoms with Crippen LogP contribution in [0.1, 0.15) is 12.5 Å². The van der Waals surface area contributed by atoms with Crippen LogP contribution in [0.15, 0.2) is 18.2 Å². The number of rotatable bonds is 5. The van der Waals surface area contributed by atoms with Crippen molar-refractivity contribution in [1.82, 2.24) is 0 Å². The molecule has 0 saturated carbocycles. The number of nitrogens with two attached hydrogens (primary N) is 1. The molecule has 15 heavy (non-hydrogen) atoms. The van der Waals surface area contributed by atoms with E-state index in [4.69, 9.17) is 15.6 Å². The summed E-state index contributed by atoms with van der Waals surface area (Å²) in [6.45, 7) is 2.45. The van der Waals surface area contributed by atoms with Gasteiger partial charge >= 0.3 is 0 Å². The summed E-state index contributed by atoms with van der Waals surface area (Å²) in [6.07, 6.45) is 0. The molecule has 0 aliphatic rings. The van der Waals surface area contributed by atoms with E-state index in [2.05, 4.69) is 5.32 Å². The van der Waals surface area contributed by atoms with Crippen LogP contribution in [-0.4, -0.2) is 24.9 Å². The third-order valence-corrected chi connectivity index (χ3v) is 2.21. The molecule has 0 aliphatic carbocycles. The van der Waals surface area contributed by atoms with Crippen molar-refractivity contribution in [3.63, 3.8) is 0 Å². The van der Waals surface area contributed by atoms with Gasteiger partial charge in [0.25, 0.3) is 0 Å². The Labute approximate surface area is 90.1 Å². The van der Waals surface area contributed by atoms with Crippen LogP contribution in [0.3, 0.4) is 0 Å². The van der Waals surface area contributed by atoms with Crippen molar-refractivity contribution in [2.45, 2.75) is 19.5 Å². The molecule has 84 valence electrons. The molecule has 0 spiro atoms. The zero-order valence-electron chi connectivity index (χ0n) is 9.16. The van der Waals surface area contributed by atoms with Crippen molar-refractivity contribution in [3.05, 3.63) is 23.8 Å². The van der Waals surface area contributed by atoms with E-state index in [1.165, 1.54) is 0 Å². The van der Waals surface area contributed by atoms with Crippen LogP contribution in [0.4, 0.5) is 5.69 Å². The fourth-order valence-electron chi connectivity index (χ4n) is 1.31. The van der Waals surface area contributed by atoms with Crippen LogP contribution >= 0.6 is 0 Å². The second-order valence-corrected chi connectivity index (χ2v) is 3.46. The zero-order valence-corrected chi connectivity index (χ0v) is 9.16. The molecular weight excluding hydrogens is 192 g/mol. The summed E-state index contributed by atoms with van der Waals surface area (Å²) in [5.41, 5.74) is 7.54. The topological polar surface area (TPSA) is 67.5 Å². The molecule has 0 amide bonds. The van der Waals surface area contributed by atoms with Gasteiger partial charge in [0, 0.05) is 24.3 Å². The van der Waals surface area contributed by atoms with Gasteiger partial charge in [-0.1, -0.05) is 6.07 Å². The third kappa shape index (κ3) is 3.11. The summed E-state index contributed by atoms with van der Waals surface area (Å²) >= 11 is 0. The second-order valence-electron chi connectivity index (χ2n) is 3.46. The molecule has 0 bridgehead atoms. The third-order valence-electron chi connectivity index (χ3n) is 2.21. The van der Waals surface area contributed by atoms with Crippen molar-refractivity contribution in [3.8, 4) is 5.75 Å². The highest BCUT2D eigenvalue weighted by molar-refractivity contribution is 5.55. The summed E-state index contributed by atoms with van der Waals surface area (Å²) in [6, 6.07) is 5.68. The van der Waals surface area contributed by atoms with Gasteiger partial charge in [0.2, 0.25) is 0 Å². The number of nitrogens with one attached hydrogen (secondary N) is 1.